The molecular formula is C12H9Br2N3. The summed E-state index contributed by atoms with van der Waals surface area (Å²) >= 11 is 6.89. The van der Waals surface area contributed by atoms with Gasteiger partial charge in [0.1, 0.15) is 0 Å². The lowest BCUT2D eigenvalue weighted by Gasteiger charge is -2.05. The Morgan fingerprint density at radius 3 is 2.47 bits per heavy atom. The Hall–Kier alpha value is -1.12. The van der Waals surface area contributed by atoms with Crippen LogP contribution in [0.3, 0.4) is 0 Å². The number of aromatic nitrogens is 2. The van der Waals surface area contributed by atoms with Crippen LogP contribution in [0, 0.1) is 25.2 Å². The van der Waals surface area contributed by atoms with Crippen LogP contribution in [0.2, 0.25) is 0 Å². The average Bonchev–Trinajstić information content (AvgIpc) is 2.56. The fraction of sp³-hybridized carbons (Fsp3) is 0.167. The lowest BCUT2D eigenvalue weighted by atomic mass is 10.2. The lowest BCUT2D eigenvalue weighted by molar-refractivity contribution is 0.832. The third-order valence-electron chi connectivity index (χ3n) is 2.46. The smallest absolute Gasteiger partial charge is 0.0992 e. The minimum absolute atomic E-state index is 0.609. The average molecular weight is 355 g/mol. The summed E-state index contributed by atoms with van der Waals surface area (Å²) in [5.74, 6) is 0. The molecule has 1 aromatic heterocycles. The van der Waals surface area contributed by atoms with E-state index in [4.69, 9.17) is 5.26 Å². The van der Waals surface area contributed by atoms with Crippen molar-refractivity contribution in [1.82, 2.24) is 9.78 Å². The van der Waals surface area contributed by atoms with Gasteiger partial charge in [-0.05, 0) is 48.0 Å². The van der Waals surface area contributed by atoms with Crippen molar-refractivity contribution in [3.8, 4) is 11.8 Å². The van der Waals surface area contributed by atoms with E-state index in [-0.39, 0.29) is 0 Å². The molecule has 1 heterocycles. The van der Waals surface area contributed by atoms with Crippen molar-refractivity contribution in [3.05, 3.63) is 44.1 Å². The van der Waals surface area contributed by atoms with Gasteiger partial charge in [0.2, 0.25) is 0 Å². The van der Waals surface area contributed by atoms with Crippen molar-refractivity contribution in [2.24, 2.45) is 0 Å². The van der Waals surface area contributed by atoms with Crippen LogP contribution >= 0.6 is 31.9 Å². The maximum absolute atomic E-state index is 8.95. The molecule has 0 atom stereocenters. The summed E-state index contributed by atoms with van der Waals surface area (Å²) in [5.41, 5.74) is 3.44. The zero-order chi connectivity index (χ0) is 12.6. The van der Waals surface area contributed by atoms with Crippen molar-refractivity contribution in [1.29, 1.82) is 5.26 Å². The van der Waals surface area contributed by atoms with E-state index in [2.05, 4.69) is 43.0 Å². The zero-order valence-electron chi connectivity index (χ0n) is 9.33. The van der Waals surface area contributed by atoms with Crippen LogP contribution in [0.25, 0.3) is 5.69 Å². The van der Waals surface area contributed by atoms with Gasteiger partial charge in [-0.15, -0.1) is 0 Å². The van der Waals surface area contributed by atoms with Crippen LogP contribution in [-0.2, 0) is 0 Å². The second-order valence-corrected chi connectivity index (χ2v) is 5.42. The molecule has 3 nitrogen and oxygen atoms in total. The maximum atomic E-state index is 8.95. The summed E-state index contributed by atoms with van der Waals surface area (Å²) in [5, 5.41) is 13.4. The topological polar surface area (TPSA) is 41.6 Å². The highest BCUT2D eigenvalue weighted by molar-refractivity contribution is 9.10. The van der Waals surface area contributed by atoms with Gasteiger partial charge in [0, 0.05) is 4.47 Å². The van der Waals surface area contributed by atoms with Crippen LogP contribution in [-0.4, -0.2) is 9.78 Å². The maximum Gasteiger partial charge on any atom is 0.0992 e. The summed E-state index contributed by atoms with van der Waals surface area (Å²) in [4.78, 5) is 0. The van der Waals surface area contributed by atoms with Gasteiger partial charge >= 0.3 is 0 Å². The third-order valence-corrected chi connectivity index (χ3v) is 4.06. The van der Waals surface area contributed by atoms with E-state index in [0.29, 0.717) is 5.56 Å². The van der Waals surface area contributed by atoms with Gasteiger partial charge in [0.25, 0.3) is 0 Å². The number of hydrogen-bond donors (Lipinski definition) is 0. The monoisotopic (exact) mass is 353 g/mol. The van der Waals surface area contributed by atoms with Gasteiger partial charge in [-0.1, -0.05) is 15.9 Å². The fourth-order valence-corrected chi connectivity index (χ4v) is 2.36. The highest BCUT2D eigenvalue weighted by Crippen LogP contribution is 2.25. The molecular weight excluding hydrogens is 346 g/mol. The molecule has 0 unspecified atom stereocenters. The van der Waals surface area contributed by atoms with Gasteiger partial charge < -0.3 is 0 Å². The van der Waals surface area contributed by atoms with E-state index in [1.165, 1.54) is 0 Å². The first-order chi connectivity index (χ1) is 8.02. The number of rotatable bonds is 1. The number of aryl methyl sites for hydroxylation is 1. The van der Waals surface area contributed by atoms with E-state index in [0.717, 1.165) is 26.0 Å². The number of nitriles is 1. The molecule has 1 aromatic carbocycles. The molecule has 2 rings (SSSR count). The van der Waals surface area contributed by atoms with Crippen molar-refractivity contribution in [2.75, 3.05) is 0 Å². The molecule has 0 N–H and O–H groups in total. The van der Waals surface area contributed by atoms with E-state index in [1.54, 1.807) is 6.07 Å². The first kappa shape index (κ1) is 12.3. The Balaban J connectivity index is 2.65. The van der Waals surface area contributed by atoms with E-state index >= 15 is 0 Å². The van der Waals surface area contributed by atoms with Crippen molar-refractivity contribution in [3.63, 3.8) is 0 Å². The SMILES string of the molecule is Cc1nn(-c2cc(Br)cc(C#N)c2)c(C)c1Br. The fourth-order valence-electron chi connectivity index (χ4n) is 1.64. The van der Waals surface area contributed by atoms with Crippen LogP contribution in [0.15, 0.2) is 27.1 Å². The summed E-state index contributed by atoms with van der Waals surface area (Å²) in [7, 11) is 0. The van der Waals surface area contributed by atoms with Gasteiger partial charge in [0.05, 0.1) is 33.2 Å². The molecule has 17 heavy (non-hydrogen) atoms. The second kappa shape index (κ2) is 4.63. The predicted octanol–water partition coefficient (Wildman–Crippen LogP) is 3.89. The van der Waals surface area contributed by atoms with Crippen LogP contribution in [0.1, 0.15) is 17.0 Å². The number of halogens is 2. The molecule has 5 heteroatoms. The van der Waals surface area contributed by atoms with Crippen molar-refractivity contribution in [2.45, 2.75) is 13.8 Å². The molecule has 0 amide bonds. The van der Waals surface area contributed by atoms with Crippen LogP contribution in [0.4, 0.5) is 0 Å². The Labute approximate surface area is 116 Å². The molecule has 0 radical (unpaired) electrons. The number of hydrogen-bond acceptors (Lipinski definition) is 2. The molecule has 0 aliphatic heterocycles. The molecule has 0 saturated carbocycles. The second-order valence-electron chi connectivity index (χ2n) is 3.71. The lowest BCUT2D eigenvalue weighted by Crippen LogP contribution is -1.99. The van der Waals surface area contributed by atoms with E-state index in [1.807, 2.05) is 30.7 Å². The highest BCUT2D eigenvalue weighted by atomic mass is 79.9. The minimum Gasteiger partial charge on any atom is -0.237 e. The van der Waals surface area contributed by atoms with Crippen LogP contribution in [0.5, 0.6) is 0 Å². The quantitative estimate of drug-likeness (QED) is 0.779. The molecule has 0 saturated heterocycles. The number of nitrogens with zero attached hydrogens (tertiary/aromatic N) is 3. The molecule has 0 aliphatic rings. The Kier molecular flexibility index (Phi) is 3.36. The largest absolute Gasteiger partial charge is 0.237 e. The van der Waals surface area contributed by atoms with Gasteiger partial charge in [-0.2, -0.15) is 10.4 Å². The zero-order valence-corrected chi connectivity index (χ0v) is 12.5. The van der Waals surface area contributed by atoms with Crippen molar-refractivity contribution >= 4 is 31.9 Å². The van der Waals surface area contributed by atoms with Crippen LogP contribution < -0.4 is 0 Å². The molecule has 2 aromatic rings. The predicted molar refractivity (Wildman–Crippen MR) is 73.2 cm³/mol. The Bertz CT molecular complexity index is 623. The highest BCUT2D eigenvalue weighted by Gasteiger charge is 2.11. The summed E-state index contributed by atoms with van der Waals surface area (Å²) in [6.45, 7) is 3.92. The molecule has 0 fully saturated rings. The molecule has 0 spiro atoms. The summed E-state index contributed by atoms with van der Waals surface area (Å²) in [6, 6.07) is 7.67. The third kappa shape index (κ3) is 2.28. The first-order valence-electron chi connectivity index (χ1n) is 4.95. The summed E-state index contributed by atoms with van der Waals surface area (Å²) in [6.07, 6.45) is 0. The Morgan fingerprint density at radius 2 is 1.94 bits per heavy atom. The Morgan fingerprint density at radius 1 is 1.24 bits per heavy atom. The van der Waals surface area contributed by atoms with Gasteiger partial charge in [-0.25, -0.2) is 4.68 Å². The molecule has 86 valence electrons. The standard InChI is InChI=1S/C12H9Br2N3/c1-7-12(14)8(2)17(16-7)11-4-9(6-15)3-10(13)5-11/h3-5H,1-2H3. The van der Waals surface area contributed by atoms with E-state index in [9.17, 15) is 0 Å². The first-order valence-corrected chi connectivity index (χ1v) is 6.54. The van der Waals surface area contributed by atoms with Crippen molar-refractivity contribution < 1.29 is 0 Å². The molecule has 0 aliphatic carbocycles. The number of benzene rings is 1. The van der Waals surface area contributed by atoms with Gasteiger partial charge in [0.15, 0.2) is 0 Å². The van der Waals surface area contributed by atoms with E-state index < -0.39 is 0 Å². The normalized spacial score (nSPS) is 10.3. The molecule has 0 bridgehead atoms. The minimum atomic E-state index is 0.609. The summed E-state index contributed by atoms with van der Waals surface area (Å²) < 4.78 is 3.69. The van der Waals surface area contributed by atoms with Gasteiger partial charge in [-0.3, -0.25) is 0 Å².